The van der Waals surface area contributed by atoms with E-state index in [0.29, 0.717) is 31.5 Å². The summed E-state index contributed by atoms with van der Waals surface area (Å²) < 4.78 is 43.9. The third-order valence-electron chi connectivity index (χ3n) is 4.61. The molecule has 1 heterocycles. The van der Waals surface area contributed by atoms with Gasteiger partial charge >= 0.3 is 12.1 Å². The molecule has 0 atom stereocenters. The summed E-state index contributed by atoms with van der Waals surface area (Å²) in [7, 11) is 0. The van der Waals surface area contributed by atoms with Crippen LogP contribution in [0.4, 0.5) is 13.2 Å². The number of carbonyl (C=O) groups is 2. The molecule has 0 aromatic heterocycles. The minimum absolute atomic E-state index is 0.0155. The lowest BCUT2D eigenvalue weighted by Gasteiger charge is -2.30. The van der Waals surface area contributed by atoms with E-state index < -0.39 is 23.6 Å². The van der Waals surface area contributed by atoms with E-state index in [1.165, 1.54) is 18.2 Å². The highest BCUT2D eigenvalue weighted by atomic mass is 19.4. The van der Waals surface area contributed by atoms with Crippen LogP contribution in [0, 0.1) is 5.92 Å². The van der Waals surface area contributed by atoms with Crippen LogP contribution in [0.3, 0.4) is 0 Å². The molecule has 2 aromatic rings. The largest absolute Gasteiger partial charge is 0.481 e. The van der Waals surface area contributed by atoms with Crippen molar-refractivity contribution in [3.05, 3.63) is 59.7 Å². The first-order chi connectivity index (χ1) is 13.2. The number of benzene rings is 2. The number of amides is 1. The van der Waals surface area contributed by atoms with Crippen LogP contribution in [0.5, 0.6) is 11.5 Å². The maximum Gasteiger partial charge on any atom is 0.416 e. The maximum absolute atomic E-state index is 12.8. The van der Waals surface area contributed by atoms with Crippen molar-refractivity contribution in [3.63, 3.8) is 0 Å². The molecule has 0 saturated carbocycles. The molecule has 28 heavy (non-hydrogen) atoms. The Morgan fingerprint density at radius 2 is 1.61 bits per heavy atom. The smallest absolute Gasteiger partial charge is 0.416 e. The van der Waals surface area contributed by atoms with Gasteiger partial charge < -0.3 is 14.7 Å². The zero-order valence-corrected chi connectivity index (χ0v) is 14.8. The average Bonchev–Trinajstić information content (AvgIpc) is 2.67. The molecule has 0 bridgehead atoms. The van der Waals surface area contributed by atoms with E-state index >= 15 is 0 Å². The topological polar surface area (TPSA) is 66.8 Å². The Labute approximate surface area is 159 Å². The minimum atomic E-state index is -4.47. The number of hydrogen-bond donors (Lipinski definition) is 1. The van der Waals surface area contributed by atoms with Crippen molar-refractivity contribution in [2.45, 2.75) is 19.0 Å². The normalized spacial score (nSPS) is 15.3. The SMILES string of the molecule is O=C(O)C1CCN(C(=O)c2cccc(Oc3cccc(C(F)(F)F)c3)c2)CC1. The fourth-order valence-corrected chi connectivity index (χ4v) is 3.08. The van der Waals surface area contributed by atoms with Crippen molar-refractivity contribution >= 4 is 11.9 Å². The van der Waals surface area contributed by atoms with Crippen LogP contribution in [0.1, 0.15) is 28.8 Å². The maximum atomic E-state index is 12.8. The lowest BCUT2D eigenvalue weighted by molar-refractivity contribution is -0.143. The minimum Gasteiger partial charge on any atom is -0.481 e. The second kappa shape index (κ2) is 7.92. The molecule has 1 amide bonds. The van der Waals surface area contributed by atoms with Gasteiger partial charge in [-0.25, -0.2) is 0 Å². The van der Waals surface area contributed by atoms with Gasteiger partial charge in [-0.2, -0.15) is 13.2 Å². The number of likely N-dealkylation sites (tertiary alicyclic amines) is 1. The highest BCUT2D eigenvalue weighted by Crippen LogP contribution is 2.33. The van der Waals surface area contributed by atoms with Crippen LogP contribution >= 0.6 is 0 Å². The molecule has 2 aromatic carbocycles. The quantitative estimate of drug-likeness (QED) is 0.834. The second-order valence-electron chi connectivity index (χ2n) is 6.56. The van der Waals surface area contributed by atoms with E-state index in [1.807, 2.05) is 0 Å². The van der Waals surface area contributed by atoms with Crippen LogP contribution in [0.15, 0.2) is 48.5 Å². The Balaban J connectivity index is 1.71. The van der Waals surface area contributed by atoms with Crippen LogP contribution in [0.2, 0.25) is 0 Å². The summed E-state index contributed by atoms with van der Waals surface area (Å²) in [4.78, 5) is 25.2. The van der Waals surface area contributed by atoms with Crippen molar-refractivity contribution in [3.8, 4) is 11.5 Å². The number of ether oxygens (including phenoxy) is 1. The van der Waals surface area contributed by atoms with Gasteiger partial charge in [0, 0.05) is 18.7 Å². The van der Waals surface area contributed by atoms with Crippen molar-refractivity contribution in [1.29, 1.82) is 0 Å². The van der Waals surface area contributed by atoms with Crippen LogP contribution in [-0.2, 0) is 11.0 Å². The lowest BCUT2D eigenvalue weighted by Crippen LogP contribution is -2.40. The first kappa shape index (κ1) is 19.7. The number of rotatable bonds is 4. The summed E-state index contributed by atoms with van der Waals surface area (Å²) in [6.07, 6.45) is -3.69. The molecule has 5 nitrogen and oxygen atoms in total. The number of hydrogen-bond acceptors (Lipinski definition) is 3. The summed E-state index contributed by atoms with van der Waals surface area (Å²) in [5, 5.41) is 9.04. The van der Waals surface area contributed by atoms with Gasteiger partial charge in [-0.1, -0.05) is 12.1 Å². The molecule has 1 aliphatic rings. The third-order valence-corrected chi connectivity index (χ3v) is 4.61. The van der Waals surface area contributed by atoms with Gasteiger partial charge in [0.05, 0.1) is 11.5 Å². The molecule has 0 unspecified atom stereocenters. The molecule has 0 radical (unpaired) electrons. The van der Waals surface area contributed by atoms with Gasteiger partial charge in [0.15, 0.2) is 0 Å². The number of aliphatic carboxylic acids is 1. The van der Waals surface area contributed by atoms with E-state index in [2.05, 4.69) is 0 Å². The molecule has 0 aliphatic carbocycles. The molecular weight excluding hydrogens is 375 g/mol. The molecule has 148 valence electrons. The van der Waals surface area contributed by atoms with Crippen LogP contribution in [-0.4, -0.2) is 35.0 Å². The Hall–Kier alpha value is -3.03. The van der Waals surface area contributed by atoms with Crippen molar-refractivity contribution in [2.75, 3.05) is 13.1 Å². The Bertz CT molecular complexity index is 874. The number of halogens is 3. The van der Waals surface area contributed by atoms with Gasteiger partial charge in [0.25, 0.3) is 5.91 Å². The Morgan fingerprint density at radius 3 is 2.21 bits per heavy atom. The molecule has 0 spiro atoms. The fourth-order valence-electron chi connectivity index (χ4n) is 3.08. The van der Waals surface area contributed by atoms with Gasteiger partial charge in [-0.3, -0.25) is 9.59 Å². The van der Waals surface area contributed by atoms with E-state index in [4.69, 9.17) is 9.84 Å². The highest BCUT2D eigenvalue weighted by molar-refractivity contribution is 5.94. The van der Waals surface area contributed by atoms with Crippen molar-refractivity contribution in [2.24, 2.45) is 5.92 Å². The van der Waals surface area contributed by atoms with E-state index in [9.17, 15) is 22.8 Å². The van der Waals surface area contributed by atoms with Gasteiger partial charge in [0.1, 0.15) is 11.5 Å². The van der Waals surface area contributed by atoms with E-state index in [-0.39, 0.29) is 17.4 Å². The zero-order chi connectivity index (χ0) is 20.3. The summed E-state index contributed by atoms with van der Waals surface area (Å²) in [6, 6.07) is 10.7. The molecule has 1 N–H and O–H groups in total. The fraction of sp³-hybridized carbons (Fsp3) is 0.300. The molecule has 8 heteroatoms. The molecule has 1 fully saturated rings. The molecule has 3 rings (SSSR count). The first-order valence-corrected chi connectivity index (χ1v) is 8.71. The molecular formula is C20H18F3NO4. The number of alkyl halides is 3. The van der Waals surface area contributed by atoms with Gasteiger partial charge in [-0.15, -0.1) is 0 Å². The lowest BCUT2D eigenvalue weighted by atomic mass is 9.96. The highest BCUT2D eigenvalue weighted by Gasteiger charge is 2.31. The molecule has 1 saturated heterocycles. The second-order valence-corrected chi connectivity index (χ2v) is 6.56. The molecule has 1 aliphatic heterocycles. The predicted octanol–water partition coefficient (Wildman–Crippen LogP) is 4.43. The Morgan fingerprint density at radius 1 is 1.00 bits per heavy atom. The number of carboxylic acids is 1. The third kappa shape index (κ3) is 4.62. The summed E-state index contributed by atoms with van der Waals surface area (Å²) in [6.45, 7) is 0.684. The predicted molar refractivity (Wildman–Crippen MR) is 94.2 cm³/mol. The monoisotopic (exact) mass is 393 g/mol. The van der Waals surface area contributed by atoms with Gasteiger partial charge in [-0.05, 0) is 49.2 Å². The zero-order valence-electron chi connectivity index (χ0n) is 14.8. The van der Waals surface area contributed by atoms with Crippen LogP contribution in [0.25, 0.3) is 0 Å². The average molecular weight is 393 g/mol. The van der Waals surface area contributed by atoms with E-state index in [1.54, 1.807) is 23.1 Å². The Kier molecular flexibility index (Phi) is 5.58. The first-order valence-electron chi connectivity index (χ1n) is 8.71. The van der Waals surface area contributed by atoms with Gasteiger partial charge in [0.2, 0.25) is 0 Å². The number of nitrogens with zero attached hydrogens (tertiary/aromatic N) is 1. The number of piperidine rings is 1. The summed E-state index contributed by atoms with van der Waals surface area (Å²) in [5.74, 6) is -1.31. The number of carboxylic acid groups (broad SMARTS) is 1. The van der Waals surface area contributed by atoms with Crippen molar-refractivity contribution in [1.82, 2.24) is 4.90 Å². The summed E-state index contributed by atoms with van der Waals surface area (Å²) >= 11 is 0. The summed E-state index contributed by atoms with van der Waals surface area (Å²) in [5.41, 5.74) is -0.489. The van der Waals surface area contributed by atoms with E-state index in [0.717, 1.165) is 12.1 Å². The van der Waals surface area contributed by atoms with Crippen molar-refractivity contribution < 1.29 is 32.6 Å². The standard InChI is InChI=1S/C20H18F3NO4/c21-20(22,23)15-4-2-6-17(12-15)28-16-5-1-3-14(11-16)18(25)24-9-7-13(8-10-24)19(26)27/h1-6,11-13H,7-10H2,(H,26,27). The van der Waals surface area contributed by atoms with Crippen LogP contribution < -0.4 is 4.74 Å². The number of carbonyl (C=O) groups excluding carboxylic acids is 1.